The molecule has 6 rings (SSSR count). The number of allylic oxidation sites excluding steroid dienone is 2. The fraction of sp³-hybridized carbons (Fsp3) is 0.516. The fourth-order valence-electron chi connectivity index (χ4n) is 7.33. The van der Waals surface area contributed by atoms with Gasteiger partial charge in [0.2, 0.25) is 0 Å². The van der Waals surface area contributed by atoms with E-state index in [9.17, 15) is 0 Å². The number of hydrogen-bond donors (Lipinski definition) is 0. The van der Waals surface area contributed by atoms with E-state index in [2.05, 4.69) is 56.2 Å². The molecule has 34 heavy (non-hydrogen) atoms. The Morgan fingerprint density at radius 3 is 2.21 bits per heavy atom. The molecule has 184 valence electrons. The first-order valence-corrected chi connectivity index (χ1v) is 14.4. The molecule has 5 atom stereocenters. The molecule has 0 aromatic heterocycles. The number of hydrogen-bond acceptors (Lipinski definition) is 0. The third kappa shape index (κ3) is 5.28. The summed E-state index contributed by atoms with van der Waals surface area (Å²) in [6, 6.07) is 19.4. The van der Waals surface area contributed by atoms with Crippen molar-refractivity contribution < 1.29 is 49.0 Å². The first kappa shape index (κ1) is 29.7. The minimum absolute atomic E-state index is 0. The maximum Gasteiger partial charge on any atom is -0.172 e. The second-order valence-electron chi connectivity index (χ2n) is 11.0. The maximum absolute atomic E-state index is 3.34. The SMILES string of the molecule is C[C-]1C2=C3Cc4ccccc4C3C3CCCCC3C2CC(C)C1(C)C.[CH2]=[Zr+2].[Cl-].[Cl-].c1cc[cH-]c1. The van der Waals surface area contributed by atoms with Gasteiger partial charge in [-0.05, 0) is 30.6 Å². The van der Waals surface area contributed by atoms with Crippen LogP contribution in [0.25, 0.3) is 0 Å². The molecule has 0 nitrogen and oxygen atoms in total. The average molecular weight is 575 g/mol. The molecule has 2 aromatic rings. The third-order valence-corrected chi connectivity index (χ3v) is 9.45. The predicted octanol–water partition coefficient (Wildman–Crippen LogP) is 2.10. The van der Waals surface area contributed by atoms with Crippen molar-refractivity contribution in [1.29, 1.82) is 0 Å². The molecule has 0 aliphatic heterocycles. The van der Waals surface area contributed by atoms with Crippen LogP contribution in [0.4, 0.5) is 0 Å². The van der Waals surface area contributed by atoms with Gasteiger partial charge in [-0.3, -0.25) is 0 Å². The molecule has 0 radical (unpaired) electrons. The van der Waals surface area contributed by atoms with Gasteiger partial charge in [0.15, 0.2) is 0 Å². The zero-order valence-corrected chi connectivity index (χ0v) is 25.3. The van der Waals surface area contributed by atoms with Gasteiger partial charge >= 0.3 is 28.4 Å². The van der Waals surface area contributed by atoms with E-state index in [-0.39, 0.29) is 24.8 Å². The van der Waals surface area contributed by atoms with Gasteiger partial charge in [-0.25, -0.2) is 29.2 Å². The Morgan fingerprint density at radius 2 is 1.59 bits per heavy atom. The molecule has 0 saturated heterocycles. The van der Waals surface area contributed by atoms with E-state index in [1.54, 1.807) is 17.0 Å². The molecule has 2 fully saturated rings. The van der Waals surface area contributed by atoms with Crippen LogP contribution in [0.3, 0.4) is 0 Å². The molecule has 0 amide bonds. The van der Waals surface area contributed by atoms with Crippen molar-refractivity contribution in [1.82, 2.24) is 0 Å². The Bertz CT molecular complexity index is 911. The summed E-state index contributed by atoms with van der Waals surface area (Å²) in [5.74, 6) is 6.00. The number of fused-ring (bicyclic) bond motifs is 7. The van der Waals surface area contributed by atoms with Crippen molar-refractivity contribution in [3.63, 3.8) is 0 Å². The van der Waals surface area contributed by atoms with Crippen molar-refractivity contribution >= 4 is 4.21 Å². The molecule has 4 aliphatic carbocycles. The van der Waals surface area contributed by atoms with Gasteiger partial charge in [0, 0.05) is 0 Å². The van der Waals surface area contributed by atoms with Crippen LogP contribution in [0.2, 0.25) is 0 Å². The van der Waals surface area contributed by atoms with Crippen molar-refractivity contribution in [3.8, 4) is 0 Å². The van der Waals surface area contributed by atoms with E-state index in [0.717, 1.165) is 29.6 Å². The van der Waals surface area contributed by atoms with Crippen molar-refractivity contribution in [2.24, 2.45) is 29.1 Å². The molecular weight excluding hydrogens is 534 g/mol. The van der Waals surface area contributed by atoms with Crippen LogP contribution in [0, 0.1) is 35.0 Å². The van der Waals surface area contributed by atoms with E-state index < -0.39 is 0 Å². The smallest absolute Gasteiger partial charge is 0.172 e. The molecule has 4 aliphatic rings. The van der Waals surface area contributed by atoms with Crippen LogP contribution in [-0.4, -0.2) is 4.21 Å². The summed E-state index contributed by atoms with van der Waals surface area (Å²) < 4.78 is 3.34. The van der Waals surface area contributed by atoms with E-state index in [0.29, 0.717) is 5.41 Å². The van der Waals surface area contributed by atoms with Crippen LogP contribution < -0.4 is 24.8 Å². The normalized spacial score (nSPS) is 29.8. The molecule has 0 spiro atoms. The number of halogens is 2. The largest absolute Gasteiger partial charge is 1.00 e. The Morgan fingerprint density at radius 1 is 0.971 bits per heavy atom. The Balaban J connectivity index is 0.000000400. The monoisotopic (exact) mass is 572 g/mol. The zero-order chi connectivity index (χ0) is 22.9. The number of benzene rings is 1. The Kier molecular flexibility index (Phi) is 11.1. The van der Waals surface area contributed by atoms with Crippen LogP contribution in [0.15, 0.2) is 65.7 Å². The summed E-state index contributed by atoms with van der Waals surface area (Å²) in [7, 11) is 0. The van der Waals surface area contributed by atoms with Gasteiger partial charge in [0.05, 0.1) is 0 Å². The Labute approximate surface area is 235 Å². The summed E-state index contributed by atoms with van der Waals surface area (Å²) >= 11 is 1.30. The van der Waals surface area contributed by atoms with Gasteiger partial charge in [-0.15, -0.1) is 6.92 Å². The minimum atomic E-state index is 0. The first-order valence-electron chi connectivity index (χ1n) is 12.7. The average Bonchev–Trinajstić information content (AvgIpc) is 3.51. The quantitative estimate of drug-likeness (QED) is 0.423. The topological polar surface area (TPSA) is 0 Å². The fourth-order valence-corrected chi connectivity index (χ4v) is 7.33. The van der Waals surface area contributed by atoms with Crippen molar-refractivity contribution in [2.75, 3.05) is 0 Å². The van der Waals surface area contributed by atoms with Gasteiger partial charge in [-0.2, -0.15) is 18.2 Å². The molecule has 2 saturated carbocycles. The predicted molar refractivity (Wildman–Crippen MR) is 134 cm³/mol. The molecular formula is C31H40Cl2Zr-2. The summed E-state index contributed by atoms with van der Waals surface area (Å²) in [5.41, 5.74) is 7.35. The van der Waals surface area contributed by atoms with E-state index in [1.165, 1.54) is 62.8 Å². The number of rotatable bonds is 0. The van der Waals surface area contributed by atoms with E-state index >= 15 is 0 Å². The minimum Gasteiger partial charge on any atom is -1.00 e. The van der Waals surface area contributed by atoms with Crippen LogP contribution in [0.1, 0.15) is 76.8 Å². The summed E-state index contributed by atoms with van der Waals surface area (Å²) in [5, 5.41) is 0. The van der Waals surface area contributed by atoms with Gasteiger partial charge in [-0.1, -0.05) is 99.1 Å². The van der Waals surface area contributed by atoms with Crippen LogP contribution >= 0.6 is 0 Å². The second-order valence-corrected chi connectivity index (χ2v) is 11.0. The van der Waals surface area contributed by atoms with Crippen molar-refractivity contribution in [3.05, 3.63) is 82.8 Å². The van der Waals surface area contributed by atoms with Gasteiger partial charge in [0.1, 0.15) is 0 Å². The summed E-state index contributed by atoms with van der Waals surface area (Å²) in [4.78, 5) is 0. The van der Waals surface area contributed by atoms with E-state index in [1.807, 2.05) is 41.5 Å². The second kappa shape index (κ2) is 12.7. The summed E-state index contributed by atoms with van der Waals surface area (Å²) in [6.07, 6.45) is 8.52. The maximum atomic E-state index is 3.34. The Hall–Kier alpha value is -0.487. The van der Waals surface area contributed by atoms with Gasteiger partial charge in [0.25, 0.3) is 0 Å². The molecule has 3 heteroatoms. The molecule has 0 bridgehead atoms. The van der Waals surface area contributed by atoms with Crippen molar-refractivity contribution in [2.45, 2.75) is 72.1 Å². The molecule has 5 unspecified atom stereocenters. The van der Waals surface area contributed by atoms with Crippen LogP contribution in [-0.2, 0) is 30.7 Å². The van der Waals surface area contributed by atoms with Crippen LogP contribution in [0.5, 0.6) is 0 Å². The molecule has 2 aromatic carbocycles. The third-order valence-electron chi connectivity index (χ3n) is 9.45. The van der Waals surface area contributed by atoms with Gasteiger partial charge < -0.3 is 24.8 Å². The summed E-state index contributed by atoms with van der Waals surface area (Å²) in [6.45, 7) is 9.99. The molecule has 0 heterocycles. The first-order chi connectivity index (χ1) is 15.5. The zero-order valence-electron chi connectivity index (χ0n) is 21.3. The standard InChI is InChI=1S/C25H33.C5H5.CH2.2ClH.Zr/c1-15-13-21-19-11-7-8-12-20(19)24-18-10-6-5-9-17(18)14-22(24)23(21)16(2)25(15,3)4;1-2-4-5-3-1;;;;/h5-6,9-10,15,19-21,24H,7-8,11-14H2,1-4H3;1-5H;1H2;2*1H;/q2*-1;;;;+2/p-2. The van der Waals surface area contributed by atoms with E-state index in [4.69, 9.17) is 0 Å². The molecule has 0 N–H and O–H groups in total.